The molecule has 0 spiro atoms. The number of ether oxygens (including phenoxy) is 3. The second-order valence-corrected chi connectivity index (χ2v) is 17.3. The van der Waals surface area contributed by atoms with Crippen LogP contribution in [0.4, 0.5) is 4.79 Å². The summed E-state index contributed by atoms with van der Waals surface area (Å²) < 4.78 is 16.4. The van der Waals surface area contributed by atoms with Crippen molar-refractivity contribution in [1.82, 2.24) is 16.0 Å². The third-order valence-corrected chi connectivity index (χ3v) is 12.4. The van der Waals surface area contributed by atoms with Crippen molar-refractivity contribution in [2.45, 2.75) is 125 Å². The summed E-state index contributed by atoms with van der Waals surface area (Å²) in [6.45, 7) is 1.70. The molecule has 2 heterocycles. The minimum absolute atomic E-state index is 0.00814. The molecule has 57 heavy (non-hydrogen) atoms. The number of carbonyl (C=O) groups excluding carboxylic acids is 3. The molecule has 2 fully saturated rings. The standard InChI is InChI=1S/C36H58N4O15S2/c1-36(2,20-53-35(51)38-14-5-13-37-26(44)7-4-3-6-23-12-15-56-57-23)40(52)17-22-10-8-21(9-11-22)16-39-33(50)30(48)29(47)32(24(43)18-41)55-34-31(49)28(46)27(45)25(19-42)54-34/h8-11,17,23-25,27-32,34,41-43,45-49H,3-7,12-16,18-20H2,1-2H3,(H,37,44)(H,38,51)(H,39,50)/b40-17-/t23?,24-,25-,27+,28+,29-,30-,31-,32-,34+/m1/s1. The molecule has 19 nitrogen and oxygen atoms in total. The number of rotatable bonds is 23. The molecule has 324 valence electrons. The Bertz CT molecular complexity index is 1420. The van der Waals surface area contributed by atoms with E-state index in [1.54, 1.807) is 38.1 Å². The van der Waals surface area contributed by atoms with Gasteiger partial charge in [-0.15, -0.1) is 0 Å². The number of benzene rings is 1. The van der Waals surface area contributed by atoms with Crippen LogP contribution >= 0.6 is 21.6 Å². The van der Waals surface area contributed by atoms with Crippen LogP contribution in [-0.4, -0.2) is 174 Å². The minimum Gasteiger partial charge on any atom is -0.623 e. The Kier molecular flexibility index (Phi) is 20.7. The molecule has 2 aliphatic rings. The zero-order valence-corrected chi connectivity index (χ0v) is 33.7. The summed E-state index contributed by atoms with van der Waals surface area (Å²) in [6.07, 6.45) is -11.2. The number of hydrogen-bond donors (Lipinski definition) is 11. The Morgan fingerprint density at radius 2 is 1.70 bits per heavy atom. The first-order valence-corrected chi connectivity index (χ1v) is 21.2. The number of alkyl carbamates (subject to hydrolysis) is 1. The molecule has 1 aromatic rings. The molecule has 1 unspecified atom stereocenters. The molecular weight excluding hydrogens is 793 g/mol. The van der Waals surface area contributed by atoms with Gasteiger partial charge >= 0.3 is 6.09 Å². The van der Waals surface area contributed by atoms with Gasteiger partial charge in [-0.2, -0.15) is 0 Å². The fourth-order valence-electron chi connectivity index (χ4n) is 5.67. The van der Waals surface area contributed by atoms with Gasteiger partial charge in [0.2, 0.25) is 11.4 Å². The van der Waals surface area contributed by atoms with Gasteiger partial charge in [-0.05, 0) is 43.4 Å². The Morgan fingerprint density at radius 3 is 2.35 bits per heavy atom. The largest absolute Gasteiger partial charge is 0.623 e. The SMILES string of the molecule is CC(C)(COC(=O)NCCCNC(=O)CCCCC1CCSS1)/[N+]([O-])=C/c1ccc(CNC(=O)[C@H](O)[C@@H](O)[C@H](O[C@@H]2O[C@H](CO)[C@H](O)[C@H](O)[C@H]2O)[C@H](O)CO)cc1. The normalized spacial score (nSPS) is 24.9. The van der Waals surface area contributed by atoms with Crippen LogP contribution in [0.2, 0.25) is 0 Å². The van der Waals surface area contributed by atoms with E-state index < -0.39 is 85.9 Å². The molecular formula is C36H58N4O15S2. The quantitative estimate of drug-likeness (QED) is 0.0145. The Hall–Kier alpha value is -2.80. The molecule has 3 rings (SSSR count). The van der Waals surface area contributed by atoms with Gasteiger partial charge in [-0.25, -0.2) is 9.53 Å². The lowest BCUT2D eigenvalue weighted by atomic mass is 9.98. The highest BCUT2D eigenvalue weighted by Gasteiger charge is 2.47. The van der Waals surface area contributed by atoms with E-state index in [0.29, 0.717) is 40.5 Å². The Labute approximate surface area is 339 Å². The molecule has 0 aliphatic carbocycles. The first-order valence-electron chi connectivity index (χ1n) is 18.8. The maximum Gasteiger partial charge on any atom is 0.407 e. The molecule has 21 heteroatoms. The Balaban J connectivity index is 1.39. The van der Waals surface area contributed by atoms with Gasteiger partial charge in [-0.3, -0.25) is 9.59 Å². The zero-order valence-electron chi connectivity index (χ0n) is 32.1. The van der Waals surface area contributed by atoms with E-state index in [1.807, 2.05) is 21.6 Å². The molecule has 2 aliphatic heterocycles. The van der Waals surface area contributed by atoms with Crippen LogP contribution in [0.25, 0.3) is 0 Å². The molecule has 0 bridgehead atoms. The van der Waals surface area contributed by atoms with Gasteiger partial charge in [0.25, 0.3) is 5.91 Å². The maximum atomic E-state index is 12.9. The number of carbonyl (C=O) groups is 3. The number of amides is 3. The summed E-state index contributed by atoms with van der Waals surface area (Å²) in [7, 11) is 3.85. The van der Waals surface area contributed by atoms with E-state index in [4.69, 9.17) is 14.2 Å². The third kappa shape index (κ3) is 15.7. The van der Waals surface area contributed by atoms with E-state index in [-0.39, 0.29) is 25.6 Å². The monoisotopic (exact) mass is 850 g/mol. The summed E-state index contributed by atoms with van der Waals surface area (Å²) in [4.78, 5) is 37.0. The average Bonchev–Trinajstić information content (AvgIpc) is 3.73. The molecule has 10 atom stereocenters. The number of hydroxylamine groups is 1. The zero-order chi connectivity index (χ0) is 42.1. The highest BCUT2D eigenvalue weighted by Crippen LogP contribution is 2.39. The van der Waals surface area contributed by atoms with Crippen molar-refractivity contribution in [1.29, 1.82) is 0 Å². The predicted octanol–water partition coefficient (Wildman–Crippen LogP) is -1.78. The summed E-state index contributed by atoms with van der Waals surface area (Å²) >= 11 is 0. The molecule has 0 saturated carbocycles. The topological polar surface area (TPSA) is 303 Å². The van der Waals surface area contributed by atoms with Crippen molar-refractivity contribution in [3.05, 3.63) is 40.6 Å². The number of hydrogen-bond acceptors (Lipinski definition) is 17. The van der Waals surface area contributed by atoms with E-state index in [2.05, 4.69) is 16.0 Å². The highest BCUT2D eigenvalue weighted by atomic mass is 33.1. The molecule has 1 aromatic carbocycles. The van der Waals surface area contributed by atoms with Gasteiger partial charge < -0.3 is 76.2 Å². The fraction of sp³-hybridized carbons (Fsp3) is 0.722. The van der Waals surface area contributed by atoms with Crippen molar-refractivity contribution in [2.24, 2.45) is 0 Å². The van der Waals surface area contributed by atoms with E-state index in [0.717, 1.165) is 19.3 Å². The van der Waals surface area contributed by atoms with Crippen LogP contribution in [0.3, 0.4) is 0 Å². The second kappa shape index (κ2) is 24.3. The number of nitrogens with zero attached hydrogens (tertiary/aromatic N) is 1. The number of aliphatic hydroxyl groups excluding tert-OH is 8. The van der Waals surface area contributed by atoms with Crippen molar-refractivity contribution >= 4 is 45.7 Å². The van der Waals surface area contributed by atoms with Crippen LogP contribution in [-0.2, 0) is 30.3 Å². The highest BCUT2D eigenvalue weighted by molar-refractivity contribution is 8.77. The van der Waals surface area contributed by atoms with Crippen LogP contribution < -0.4 is 16.0 Å². The van der Waals surface area contributed by atoms with E-state index in [1.165, 1.54) is 18.4 Å². The maximum absolute atomic E-state index is 12.9. The van der Waals surface area contributed by atoms with Gasteiger partial charge in [0, 0.05) is 56.5 Å². The average molecular weight is 851 g/mol. The summed E-state index contributed by atoms with van der Waals surface area (Å²) in [5.41, 5.74) is -0.137. The third-order valence-electron chi connectivity index (χ3n) is 9.35. The Morgan fingerprint density at radius 1 is 1.00 bits per heavy atom. The van der Waals surface area contributed by atoms with Crippen molar-refractivity contribution in [3.8, 4) is 0 Å². The number of nitrogens with one attached hydrogen (secondary N) is 3. The first-order chi connectivity index (χ1) is 27.1. The fourth-order valence-corrected chi connectivity index (χ4v) is 8.70. The lowest BCUT2D eigenvalue weighted by Crippen LogP contribution is -2.62. The van der Waals surface area contributed by atoms with Gasteiger partial charge in [-0.1, -0.05) is 40.1 Å². The molecule has 0 radical (unpaired) electrons. The summed E-state index contributed by atoms with van der Waals surface area (Å²) in [6, 6.07) is 6.32. The smallest absolute Gasteiger partial charge is 0.407 e. The summed E-state index contributed by atoms with van der Waals surface area (Å²) in [5, 5.41) is 102. The predicted molar refractivity (Wildman–Crippen MR) is 209 cm³/mol. The summed E-state index contributed by atoms with van der Waals surface area (Å²) in [5.74, 6) is 0.0858. The van der Waals surface area contributed by atoms with Crippen LogP contribution in [0.15, 0.2) is 24.3 Å². The van der Waals surface area contributed by atoms with Crippen LogP contribution in [0.5, 0.6) is 0 Å². The molecule has 11 N–H and O–H groups in total. The molecule has 0 aromatic heterocycles. The lowest BCUT2D eigenvalue weighted by Gasteiger charge is -2.42. The van der Waals surface area contributed by atoms with Gasteiger partial charge in [0.15, 0.2) is 25.2 Å². The van der Waals surface area contributed by atoms with Crippen LogP contribution in [0, 0.1) is 5.21 Å². The minimum atomic E-state index is -2.23. The molecule has 3 amide bonds. The number of aliphatic hydroxyl groups is 8. The van der Waals surface area contributed by atoms with Gasteiger partial charge in [0.05, 0.1) is 13.2 Å². The van der Waals surface area contributed by atoms with Crippen molar-refractivity contribution in [3.63, 3.8) is 0 Å². The van der Waals surface area contributed by atoms with Crippen molar-refractivity contribution in [2.75, 3.05) is 38.7 Å². The molecule has 2 saturated heterocycles. The van der Waals surface area contributed by atoms with Gasteiger partial charge in [0.1, 0.15) is 42.7 Å². The van der Waals surface area contributed by atoms with Crippen molar-refractivity contribution < 1.29 is 74.2 Å². The van der Waals surface area contributed by atoms with E-state index >= 15 is 0 Å². The van der Waals surface area contributed by atoms with Crippen LogP contribution in [0.1, 0.15) is 63.5 Å². The first kappa shape index (κ1) is 48.6. The van der Waals surface area contributed by atoms with E-state index in [9.17, 15) is 60.4 Å². The second-order valence-electron chi connectivity index (χ2n) is 14.5. The number of unbranched alkanes of at least 4 members (excludes halogenated alkanes) is 1. The lowest BCUT2D eigenvalue weighted by molar-refractivity contribution is -0.539.